The largest absolute Gasteiger partial charge is 0.477 e. The highest BCUT2D eigenvalue weighted by molar-refractivity contribution is 5.94. The summed E-state index contributed by atoms with van der Waals surface area (Å²) < 4.78 is 6.01. The van der Waals surface area contributed by atoms with Crippen molar-refractivity contribution in [1.82, 2.24) is 0 Å². The quantitative estimate of drug-likeness (QED) is 0.567. The molecule has 0 amide bonds. The molecule has 1 aliphatic heterocycles. The Morgan fingerprint density at radius 2 is 1.75 bits per heavy atom. The number of aliphatic imine (C=N–C) groups is 1. The highest BCUT2D eigenvalue weighted by atomic mass is 16.5. The summed E-state index contributed by atoms with van der Waals surface area (Å²) in [7, 11) is 0. The van der Waals surface area contributed by atoms with Gasteiger partial charge in [-0.25, -0.2) is 4.99 Å². The first kappa shape index (κ1) is 21.0. The molecule has 172 valence electrons. The Morgan fingerprint density at radius 3 is 2.59 bits per heavy atom. The topological polar surface area (TPSA) is 41.8 Å². The molecule has 32 heavy (non-hydrogen) atoms. The zero-order valence-electron chi connectivity index (χ0n) is 19.8. The molecule has 3 nitrogen and oxygen atoms in total. The van der Waals surface area contributed by atoms with Gasteiger partial charge in [-0.3, -0.25) is 0 Å². The van der Waals surface area contributed by atoms with Crippen molar-refractivity contribution < 1.29 is 9.84 Å². The van der Waals surface area contributed by atoms with Gasteiger partial charge in [0.25, 0.3) is 0 Å². The van der Waals surface area contributed by atoms with Crippen molar-refractivity contribution in [2.75, 3.05) is 6.61 Å². The fourth-order valence-electron chi connectivity index (χ4n) is 8.87. The summed E-state index contributed by atoms with van der Waals surface area (Å²) in [5, 5.41) is 10.3. The summed E-state index contributed by atoms with van der Waals surface area (Å²) in [6.45, 7) is 5.95. The van der Waals surface area contributed by atoms with Gasteiger partial charge in [0.15, 0.2) is 0 Å². The molecular formula is C29H39NO2. The van der Waals surface area contributed by atoms with E-state index in [1.807, 2.05) is 0 Å². The first-order valence-electron chi connectivity index (χ1n) is 13.1. The standard InChI is InChI=1S/C29H39NO2/c1-28-15-12-21(31)18-20(28)8-9-22-23-10-11-25(29(23,2)16-13-24(22)28)26-14-17-32-27(30-26)19-6-4-3-5-7-19/h3-8,21-26,31H,9-18H2,1-2H3/t21-,22-,23-,24-,25+,26?,28-,29-/m0/s1. The minimum atomic E-state index is -0.110. The number of aliphatic hydroxyl groups is 1. The van der Waals surface area contributed by atoms with Gasteiger partial charge in [0, 0.05) is 12.0 Å². The SMILES string of the molecule is C[C@]12CC[C@H]3[C@@H](CC=C4C[C@@H](O)CC[C@@]43C)[C@@H]1CC[C@@H]2C1CCOC(c2ccccc2)=N1. The molecule has 0 spiro atoms. The molecule has 6 rings (SSSR count). The molecule has 3 fully saturated rings. The van der Waals surface area contributed by atoms with Gasteiger partial charge in [0.05, 0.1) is 18.8 Å². The van der Waals surface area contributed by atoms with E-state index in [4.69, 9.17) is 9.73 Å². The van der Waals surface area contributed by atoms with Gasteiger partial charge >= 0.3 is 0 Å². The molecule has 1 aromatic carbocycles. The van der Waals surface area contributed by atoms with Crippen LogP contribution in [-0.4, -0.2) is 29.8 Å². The fourth-order valence-corrected chi connectivity index (χ4v) is 8.87. The van der Waals surface area contributed by atoms with Crippen LogP contribution in [-0.2, 0) is 4.74 Å². The Bertz CT molecular complexity index is 922. The van der Waals surface area contributed by atoms with Crippen molar-refractivity contribution in [2.24, 2.45) is 39.5 Å². The minimum absolute atomic E-state index is 0.110. The molecule has 3 saturated carbocycles. The van der Waals surface area contributed by atoms with E-state index in [-0.39, 0.29) is 6.10 Å². The number of allylic oxidation sites excluding steroid dienone is 1. The van der Waals surface area contributed by atoms with Crippen LogP contribution in [0, 0.1) is 34.5 Å². The first-order valence-corrected chi connectivity index (χ1v) is 13.1. The van der Waals surface area contributed by atoms with Crippen molar-refractivity contribution in [3.63, 3.8) is 0 Å². The van der Waals surface area contributed by atoms with Gasteiger partial charge < -0.3 is 9.84 Å². The Kier molecular flexibility index (Phi) is 5.06. The second-order valence-electron chi connectivity index (χ2n) is 11.9. The molecule has 1 N–H and O–H groups in total. The monoisotopic (exact) mass is 433 g/mol. The maximum Gasteiger partial charge on any atom is 0.216 e. The number of hydrogen-bond acceptors (Lipinski definition) is 3. The molecule has 0 bridgehead atoms. The van der Waals surface area contributed by atoms with Crippen molar-refractivity contribution in [3.8, 4) is 0 Å². The van der Waals surface area contributed by atoms with E-state index in [9.17, 15) is 5.11 Å². The van der Waals surface area contributed by atoms with E-state index < -0.39 is 0 Å². The van der Waals surface area contributed by atoms with Gasteiger partial charge in [-0.05, 0) is 98.0 Å². The molecule has 1 unspecified atom stereocenters. The first-order chi connectivity index (χ1) is 15.5. The third-order valence-corrected chi connectivity index (χ3v) is 10.6. The van der Waals surface area contributed by atoms with Gasteiger partial charge in [-0.1, -0.05) is 43.7 Å². The van der Waals surface area contributed by atoms with Crippen LogP contribution in [0.4, 0.5) is 0 Å². The van der Waals surface area contributed by atoms with Crippen LogP contribution < -0.4 is 0 Å². The Labute approximate surface area is 193 Å². The number of benzene rings is 1. The van der Waals surface area contributed by atoms with Crippen molar-refractivity contribution >= 4 is 5.90 Å². The highest BCUT2D eigenvalue weighted by Crippen LogP contribution is 2.67. The summed E-state index contributed by atoms with van der Waals surface area (Å²) in [5.41, 5.74) is 3.44. The molecule has 4 aliphatic carbocycles. The van der Waals surface area contributed by atoms with Crippen LogP contribution in [0.25, 0.3) is 0 Å². The van der Waals surface area contributed by atoms with Crippen molar-refractivity contribution in [2.45, 2.75) is 83.8 Å². The predicted molar refractivity (Wildman–Crippen MR) is 129 cm³/mol. The lowest BCUT2D eigenvalue weighted by atomic mass is 9.47. The van der Waals surface area contributed by atoms with E-state index in [0.717, 1.165) is 55.1 Å². The molecule has 5 aliphatic rings. The van der Waals surface area contributed by atoms with E-state index in [0.29, 0.717) is 22.8 Å². The number of rotatable bonds is 2. The summed E-state index contributed by atoms with van der Waals surface area (Å²) >= 11 is 0. The van der Waals surface area contributed by atoms with Crippen LogP contribution in [0.15, 0.2) is 47.0 Å². The zero-order valence-corrected chi connectivity index (χ0v) is 19.8. The van der Waals surface area contributed by atoms with Gasteiger partial charge in [-0.2, -0.15) is 0 Å². The number of aliphatic hydroxyl groups excluding tert-OH is 1. The lowest BCUT2D eigenvalue weighted by molar-refractivity contribution is -0.0539. The van der Waals surface area contributed by atoms with Gasteiger partial charge in [0.1, 0.15) is 0 Å². The Balaban J connectivity index is 1.27. The average molecular weight is 434 g/mol. The van der Waals surface area contributed by atoms with Crippen LogP contribution in [0.3, 0.4) is 0 Å². The molecule has 3 heteroatoms. The number of ether oxygens (including phenoxy) is 1. The summed E-state index contributed by atoms with van der Waals surface area (Å²) in [5.74, 6) is 4.00. The smallest absolute Gasteiger partial charge is 0.216 e. The summed E-state index contributed by atoms with van der Waals surface area (Å²) in [4.78, 5) is 5.22. The van der Waals surface area contributed by atoms with E-state index >= 15 is 0 Å². The molecule has 1 aromatic rings. The third-order valence-electron chi connectivity index (χ3n) is 10.6. The maximum absolute atomic E-state index is 10.3. The Hall–Kier alpha value is -1.61. The Morgan fingerprint density at radius 1 is 0.938 bits per heavy atom. The highest BCUT2D eigenvalue weighted by Gasteiger charge is 2.59. The van der Waals surface area contributed by atoms with E-state index in [1.165, 1.54) is 38.5 Å². The molecule has 0 radical (unpaired) electrons. The van der Waals surface area contributed by atoms with Crippen LogP contribution >= 0.6 is 0 Å². The average Bonchev–Trinajstić information content (AvgIpc) is 3.17. The second-order valence-corrected chi connectivity index (χ2v) is 11.9. The predicted octanol–water partition coefficient (Wildman–Crippen LogP) is 6.16. The molecular weight excluding hydrogens is 394 g/mol. The van der Waals surface area contributed by atoms with E-state index in [2.05, 4.69) is 50.3 Å². The second kappa shape index (κ2) is 7.72. The summed E-state index contributed by atoms with van der Waals surface area (Å²) in [6.07, 6.45) is 13.2. The number of fused-ring (bicyclic) bond motifs is 5. The number of nitrogens with zero attached hydrogens (tertiary/aromatic N) is 1. The zero-order chi connectivity index (χ0) is 21.9. The van der Waals surface area contributed by atoms with Crippen molar-refractivity contribution in [3.05, 3.63) is 47.5 Å². The number of hydrogen-bond donors (Lipinski definition) is 1. The molecule has 0 saturated heterocycles. The summed E-state index contributed by atoms with van der Waals surface area (Å²) in [6, 6.07) is 10.9. The fraction of sp³-hybridized carbons (Fsp3) is 0.690. The van der Waals surface area contributed by atoms with E-state index in [1.54, 1.807) is 5.57 Å². The lowest BCUT2D eigenvalue weighted by Gasteiger charge is -2.58. The minimum Gasteiger partial charge on any atom is -0.477 e. The molecule has 1 heterocycles. The van der Waals surface area contributed by atoms with Gasteiger partial charge in [-0.15, -0.1) is 0 Å². The van der Waals surface area contributed by atoms with Crippen LogP contribution in [0.2, 0.25) is 0 Å². The normalized spacial score (nSPS) is 45.6. The van der Waals surface area contributed by atoms with Gasteiger partial charge in [0.2, 0.25) is 5.90 Å². The molecule has 0 aromatic heterocycles. The maximum atomic E-state index is 10.3. The van der Waals surface area contributed by atoms with Crippen LogP contribution in [0.1, 0.15) is 77.2 Å². The molecule has 8 atom stereocenters. The van der Waals surface area contributed by atoms with Crippen molar-refractivity contribution in [1.29, 1.82) is 0 Å². The third kappa shape index (κ3) is 3.14. The van der Waals surface area contributed by atoms with Crippen LogP contribution in [0.5, 0.6) is 0 Å². The lowest BCUT2D eigenvalue weighted by Crippen LogP contribution is -2.51.